The van der Waals surface area contributed by atoms with Crippen molar-refractivity contribution in [2.24, 2.45) is 0 Å². The van der Waals surface area contributed by atoms with Crippen molar-refractivity contribution in [3.05, 3.63) is 30.9 Å². The molecule has 0 spiro atoms. The first kappa shape index (κ1) is 10.3. The van der Waals surface area contributed by atoms with Crippen LogP contribution in [0.15, 0.2) is 25.0 Å². The summed E-state index contributed by atoms with van der Waals surface area (Å²) in [4.78, 5) is 19.1. The van der Waals surface area contributed by atoms with E-state index in [-0.39, 0.29) is 11.7 Å². The van der Waals surface area contributed by atoms with Crippen LogP contribution in [-0.2, 0) is 9.53 Å². The van der Waals surface area contributed by atoms with E-state index in [1.807, 2.05) is 0 Å². The minimum absolute atomic E-state index is 0.0547. The summed E-state index contributed by atoms with van der Waals surface area (Å²) in [5.41, 5.74) is -0.491. The van der Waals surface area contributed by atoms with Crippen LogP contribution in [0.2, 0.25) is 0 Å². The summed E-state index contributed by atoms with van der Waals surface area (Å²) in [7, 11) is 0. The fourth-order valence-electron chi connectivity index (χ4n) is 1.11. The molecule has 1 aliphatic rings. The van der Waals surface area contributed by atoms with Gasteiger partial charge in [-0.05, 0) is 6.08 Å². The molecule has 0 radical (unpaired) electrons. The van der Waals surface area contributed by atoms with Gasteiger partial charge in [0.1, 0.15) is 6.07 Å². The van der Waals surface area contributed by atoms with Gasteiger partial charge in [0.2, 0.25) is 5.82 Å². The molecule has 0 unspecified atom stereocenters. The lowest BCUT2D eigenvalue weighted by Gasteiger charge is -2.07. The van der Waals surface area contributed by atoms with Crippen LogP contribution in [0.1, 0.15) is 5.82 Å². The van der Waals surface area contributed by atoms with Crippen LogP contribution in [0.25, 0.3) is 0 Å². The molecule has 1 N–H and O–H groups in total. The fourth-order valence-corrected chi connectivity index (χ4v) is 1.11. The molecule has 2 heterocycles. The Kier molecular flexibility index (Phi) is 2.38. The van der Waals surface area contributed by atoms with E-state index >= 15 is 0 Å². The number of hydrogen-bond donors (Lipinski definition) is 1. The topological polar surface area (TPSA) is 91.2 Å². The Labute approximate surface area is 91.6 Å². The third-order valence-electron chi connectivity index (χ3n) is 2.18. The number of epoxide rings is 1. The van der Waals surface area contributed by atoms with Gasteiger partial charge in [-0.15, -0.1) is 0 Å². The second kappa shape index (κ2) is 3.72. The van der Waals surface area contributed by atoms with Gasteiger partial charge >= 0.3 is 0 Å². The van der Waals surface area contributed by atoms with E-state index in [4.69, 9.17) is 10.00 Å². The number of nitrogens with zero attached hydrogens (tertiary/aromatic N) is 3. The number of hydrogen-bond acceptors (Lipinski definition) is 5. The highest BCUT2D eigenvalue weighted by atomic mass is 16.6. The molecule has 0 aromatic carbocycles. The number of nitrogens with one attached hydrogen (secondary N) is 1. The highest BCUT2D eigenvalue weighted by molar-refractivity contribution is 6.00. The fraction of sp³-hybridized carbons (Fsp3) is 0.200. The molecule has 1 amide bonds. The SMILES string of the molecule is C=C[C@@]1(C(=O)Nc2cnc(C#N)nc2)CO1. The Morgan fingerprint density at radius 3 is 2.75 bits per heavy atom. The predicted octanol–water partition coefficient (Wildman–Crippen LogP) is 0.242. The maximum absolute atomic E-state index is 11.7. The third-order valence-corrected chi connectivity index (χ3v) is 2.18. The Balaban J connectivity index is 2.07. The lowest BCUT2D eigenvalue weighted by Crippen LogP contribution is -2.29. The smallest absolute Gasteiger partial charge is 0.263 e. The molecule has 1 saturated heterocycles. The second-order valence-electron chi connectivity index (χ2n) is 3.24. The van der Waals surface area contributed by atoms with Crippen LogP contribution in [-0.4, -0.2) is 28.1 Å². The average molecular weight is 216 g/mol. The molecule has 0 bridgehead atoms. The molecule has 16 heavy (non-hydrogen) atoms. The van der Waals surface area contributed by atoms with Crippen molar-refractivity contribution in [2.45, 2.75) is 5.60 Å². The van der Waals surface area contributed by atoms with Crippen molar-refractivity contribution in [3.63, 3.8) is 0 Å². The molecule has 0 saturated carbocycles. The molecule has 6 heteroatoms. The van der Waals surface area contributed by atoms with Crippen LogP contribution in [0.5, 0.6) is 0 Å². The molecule has 0 aliphatic carbocycles. The van der Waals surface area contributed by atoms with Gasteiger partial charge in [-0.3, -0.25) is 4.79 Å². The third kappa shape index (κ3) is 1.76. The highest BCUT2D eigenvalue weighted by Gasteiger charge is 2.49. The van der Waals surface area contributed by atoms with Crippen LogP contribution in [0.3, 0.4) is 0 Å². The Bertz CT molecular complexity index is 471. The summed E-state index contributed by atoms with van der Waals surface area (Å²) >= 11 is 0. The van der Waals surface area contributed by atoms with E-state index in [1.165, 1.54) is 18.5 Å². The number of ether oxygens (including phenoxy) is 1. The van der Waals surface area contributed by atoms with E-state index < -0.39 is 5.60 Å². The van der Waals surface area contributed by atoms with Gasteiger partial charge in [-0.2, -0.15) is 5.26 Å². The van der Waals surface area contributed by atoms with Crippen LogP contribution < -0.4 is 5.32 Å². The van der Waals surface area contributed by atoms with Gasteiger partial charge in [0.05, 0.1) is 24.7 Å². The number of aromatic nitrogens is 2. The van der Waals surface area contributed by atoms with Crippen molar-refractivity contribution in [2.75, 3.05) is 11.9 Å². The van der Waals surface area contributed by atoms with Gasteiger partial charge < -0.3 is 10.1 Å². The van der Waals surface area contributed by atoms with Crippen LogP contribution in [0.4, 0.5) is 5.69 Å². The van der Waals surface area contributed by atoms with Crippen molar-refractivity contribution in [1.82, 2.24) is 9.97 Å². The maximum Gasteiger partial charge on any atom is 0.263 e. The van der Waals surface area contributed by atoms with Crippen molar-refractivity contribution in [3.8, 4) is 6.07 Å². The number of nitriles is 1. The molecule has 1 atom stereocenters. The Hall–Kier alpha value is -2.26. The molecule has 80 valence electrons. The highest BCUT2D eigenvalue weighted by Crippen LogP contribution is 2.29. The first-order chi connectivity index (χ1) is 7.70. The predicted molar refractivity (Wildman–Crippen MR) is 54.3 cm³/mol. The van der Waals surface area contributed by atoms with E-state index in [2.05, 4.69) is 21.9 Å². The number of amides is 1. The summed E-state index contributed by atoms with van der Waals surface area (Å²) in [6, 6.07) is 1.79. The molecule has 2 rings (SSSR count). The van der Waals surface area contributed by atoms with E-state index in [1.54, 1.807) is 6.07 Å². The van der Waals surface area contributed by atoms with Gasteiger partial charge in [0, 0.05) is 0 Å². The molecular formula is C10H8N4O2. The number of carbonyl (C=O) groups excluding carboxylic acids is 1. The van der Waals surface area contributed by atoms with Crippen molar-refractivity contribution >= 4 is 11.6 Å². The number of carbonyl (C=O) groups is 1. The largest absolute Gasteiger partial charge is 0.355 e. The summed E-state index contributed by atoms with van der Waals surface area (Å²) in [5, 5.41) is 11.1. The molecular weight excluding hydrogens is 208 g/mol. The molecule has 1 aliphatic heterocycles. The molecule has 1 fully saturated rings. The maximum atomic E-state index is 11.7. The van der Waals surface area contributed by atoms with Gasteiger partial charge in [-0.25, -0.2) is 9.97 Å². The van der Waals surface area contributed by atoms with E-state index in [0.717, 1.165) is 0 Å². The van der Waals surface area contributed by atoms with E-state index in [9.17, 15) is 4.79 Å². The van der Waals surface area contributed by atoms with Gasteiger partial charge in [0.25, 0.3) is 5.91 Å². The zero-order valence-electron chi connectivity index (χ0n) is 8.30. The standard InChI is InChI=1S/C10H8N4O2/c1-2-10(6-16-10)9(15)14-7-4-12-8(3-11)13-5-7/h2,4-5H,1,6H2,(H,14,15)/t10-/m0/s1. The Morgan fingerprint density at radius 1 is 1.69 bits per heavy atom. The summed E-state index contributed by atoms with van der Waals surface area (Å²) in [5.74, 6) is -0.255. The molecule has 6 nitrogen and oxygen atoms in total. The van der Waals surface area contributed by atoms with Crippen LogP contribution >= 0.6 is 0 Å². The Morgan fingerprint density at radius 2 is 2.31 bits per heavy atom. The lowest BCUT2D eigenvalue weighted by molar-refractivity contribution is -0.119. The zero-order valence-corrected chi connectivity index (χ0v) is 8.30. The second-order valence-corrected chi connectivity index (χ2v) is 3.24. The molecule has 1 aromatic rings. The van der Waals surface area contributed by atoms with Gasteiger partial charge in [0.15, 0.2) is 5.60 Å². The summed E-state index contributed by atoms with van der Waals surface area (Å²) in [6.45, 7) is 3.86. The van der Waals surface area contributed by atoms with Crippen molar-refractivity contribution < 1.29 is 9.53 Å². The number of anilines is 1. The quantitative estimate of drug-likeness (QED) is 0.577. The van der Waals surface area contributed by atoms with Gasteiger partial charge in [-0.1, -0.05) is 6.58 Å². The molecule has 1 aromatic heterocycles. The summed E-state index contributed by atoms with van der Waals surface area (Å²) in [6.07, 6.45) is 4.18. The number of rotatable bonds is 3. The summed E-state index contributed by atoms with van der Waals surface area (Å²) < 4.78 is 5.00. The minimum atomic E-state index is -0.909. The lowest BCUT2D eigenvalue weighted by atomic mass is 10.1. The minimum Gasteiger partial charge on any atom is -0.355 e. The zero-order chi connectivity index (χ0) is 11.6. The first-order valence-corrected chi connectivity index (χ1v) is 4.51. The normalized spacial score (nSPS) is 21.9. The van der Waals surface area contributed by atoms with Crippen LogP contribution in [0, 0.1) is 11.3 Å². The average Bonchev–Trinajstić information content (AvgIpc) is 3.11. The monoisotopic (exact) mass is 216 g/mol. The van der Waals surface area contributed by atoms with Crippen molar-refractivity contribution in [1.29, 1.82) is 5.26 Å². The first-order valence-electron chi connectivity index (χ1n) is 4.51. The van der Waals surface area contributed by atoms with E-state index in [0.29, 0.717) is 12.3 Å².